The third-order valence-electron chi connectivity index (χ3n) is 3.65. The largest absolute Gasteiger partial charge is 0.360 e. The molecule has 1 aromatic heterocycles. The number of anilines is 2. The first-order valence-corrected chi connectivity index (χ1v) is 9.75. The van der Waals surface area contributed by atoms with Crippen LogP contribution in [-0.4, -0.2) is 10.9 Å². The van der Waals surface area contributed by atoms with Crippen molar-refractivity contribution in [2.24, 2.45) is 0 Å². The number of rotatable bonds is 5. The molecular weight excluding hydrogens is 415 g/mol. The molecule has 3 rings (SSSR count). The summed E-state index contributed by atoms with van der Waals surface area (Å²) in [5.41, 5.74) is 3.31. The van der Waals surface area contributed by atoms with E-state index >= 15 is 0 Å². The van der Waals surface area contributed by atoms with Gasteiger partial charge in [-0.15, -0.1) is 11.3 Å². The van der Waals surface area contributed by atoms with Gasteiger partial charge in [0.1, 0.15) is 16.6 Å². The normalized spacial score (nSPS) is 11.0. The Morgan fingerprint density at radius 3 is 2.54 bits per heavy atom. The lowest BCUT2D eigenvalue weighted by molar-refractivity contribution is -0.114. The number of hydrogen-bond donors (Lipinski definition) is 2. The van der Waals surface area contributed by atoms with Crippen LogP contribution >= 0.6 is 34.5 Å². The number of nitriles is 1. The van der Waals surface area contributed by atoms with E-state index in [9.17, 15) is 10.1 Å². The lowest BCUT2D eigenvalue weighted by Crippen LogP contribution is -2.05. The van der Waals surface area contributed by atoms with Gasteiger partial charge in [0.2, 0.25) is 5.91 Å². The van der Waals surface area contributed by atoms with Crippen LogP contribution in [0.2, 0.25) is 10.0 Å². The van der Waals surface area contributed by atoms with E-state index in [-0.39, 0.29) is 5.91 Å². The van der Waals surface area contributed by atoms with E-state index in [1.807, 2.05) is 5.38 Å². The minimum atomic E-state index is -0.132. The smallest absolute Gasteiger partial charge is 0.221 e. The molecule has 140 valence electrons. The summed E-state index contributed by atoms with van der Waals surface area (Å²) in [4.78, 5) is 15.6. The Hall–Kier alpha value is -2.85. The number of aromatic nitrogens is 1. The summed E-state index contributed by atoms with van der Waals surface area (Å²) >= 11 is 13.5. The van der Waals surface area contributed by atoms with Gasteiger partial charge in [-0.1, -0.05) is 23.2 Å². The molecule has 28 heavy (non-hydrogen) atoms. The molecule has 0 atom stereocenters. The lowest BCUT2D eigenvalue weighted by Gasteiger charge is -2.05. The molecule has 0 saturated carbocycles. The molecule has 3 aromatic rings. The molecule has 1 amide bonds. The van der Waals surface area contributed by atoms with Crippen molar-refractivity contribution >= 4 is 57.4 Å². The Morgan fingerprint density at radius 1 is 1.18 bits per heavy atom. The number of nitrogens with one attached hydrogen (secondary N) is 2. The van der Waals surface area contributed by atoms with E-state index in [4.69, 9.17) is 23.2 Å². The summed E-state index contributed by atoms with van der Waals surface area (Å²) < 4.78 is 0. The van der Waals surface area contributed by atoms with Crippen molar-refractivity contribution in [3.63, 3.8) is 0 Å². The van der Waals surface area contributed by atoms with Crippen LogP contribution in [0.3, 0.4) is 0 Å². The Labute approximate surface area is 176 Å². The van der Waals surface area contributed by atoms with Gasteiger partial charge in [-0.2, -0.15) is 5.26 Å². The Kier molecular flexibility index (Phi) is 6.32. The summed E-state index contributed by atoms with van der Waals surface area (Å²) in [5, 5.41) is 18.7. The average Bonchev–Trinajstić information content (AvgIpc) is 3.13. The molecule has 0 fully saturated rings. The third-order valence-corrected chi connectivity index (χ3v) is 5.07. The van der Waals surface area contributed by atoms with Crippen molar-refractivity contribution < 1.29 is 4.79 Å². The topological polar surface area (TPSA) is 77.8 Å². The number of carbonyl (C=O) groups is 1. The number of allylic oxidation sites excluding steroid dienone is 1. The summed E-state index contributed by atoms with van der Waals surface area (Å²) in [6, 6.07) is 14.5. The summed E-state index contributed by atoms with van der Waals surface area (Å²) in [7, 11) is 0. The predicted octanol–water partition coefficient (Wildman–Crippen LogP) is 6.05. The third kappa shape index (κ3) is 4.90. The number of amides is 1. The van der Waals surface area contributed by atoms with Crippen molar-refractivity contribution in [3.05, 3.63) is 69.1 Å². The highest BCUT2D eigenvalue weighted by atomic mass is 35.5. The van der Waals surface area contributed by atoms with Crippen molar-refractivity contribution in [1.29, 1.82) is 5.26 Å². The second kappa shape index (κ2) is 8.89. The quantitative estimate of drug-likeness (QED) is 0.484. The van der Waals surface area contributed by atoms with Crippen LogP contribution < -0.4 is 10.6 Å². The van der Waals surface area contributed by atoms with Gasteiger partial charge in [-0.3, -0.25) is 4.79 Å². The number of hydrogen-bond acceptors (Lipinski definition) is 5. The first-order chi connectivity index (χ1) is 13.5. The highest BCUT2D eigenvalue weighted by molar-refractivity contribution is 7.11. The highest BCUT2D eigenvalue weighted by Gasteiger charge is 2.11. The zero-order chi connectivity index (χ0) is 20.1. The number of halogens is 2. The van der Waals surface area contributed by atoms with Gasteiger partial charge < -0.3 is 10.6 Å². The first-order valence-electron chi connectivity index (χ1n) is 8.12. The van der Waals surface area contributed by atoms with Crippen LogP contribution in [0.25, 0.3) is 16.8 Å². The van der Waals surface area contributed by atoms with Crippen molar-refractivity contribution in [3.8, 4) is 17.3 Å². The van der Waals surface area contributed by atoms with Gasteiger partial charge >= 0.3 is 0 Å². The number of thiazole rings is 1. The maximum Gasteiger partial charge on any atom is 0.221 e. The van der Waals surface area contributed by atoms with Crippen LogP contribution in [0.15, 0.2) is 54.0 Å². The Bertz CT molecular complexity index is 1080. The second-order valence-corrected chi connectivity index (χ2v) is 7.44. The lowest BCUT2D eigenvalue weighted by atomic mass is 10.2. The molecule has 2 aromatic carbocycles. The van der Waals surface area contributed by atoms with Gasteiger partial charge in [-0.05, 0) is 42.5 Å². The summed E-state index contributed by atoms with van der Waals surface area (Å²) in [5.74, 6) is -0.132. The Balaban J connectivity index is 1.77. The molecule has 0 bridgehead atoms. The molecular formula is C20H14Cl2N4OS. The molecule has 1 heterocycles. The molecule has 5 nitrogen and oxygen atoms in total. The highest BCUT2D eigenvalue weighted by Crippen LogP contribution is 2.32. The predicted molar refractivity (Wildman–Crippen MR) is 116 cm³/mol. The minimum Gasteiger partial charge on any atom is -0.360 e. The van der Waals surface area contributed by atoms with E-state index < -0.39 is 0 Å². The fourth-order valence-electron chi connectivity index (χ4n) is 2.37. The molecule has 8 heteroatoms. The van der Waals surface area contributed by atoms with E-state index in [1.165, 1.54) is 18.3 Å². The van der Waals surface area contributed by atoms with Crippen LogP contribution in [-0.2, 0) is 4.79 Å². The van der Waals surface area contributed by atoms with Crippen LogP contribution in [0.5, 0.6) is 0 Å². The maximum atomic E-state index is 11.1. The van der Waals surface area contributed by atoms with Crippen LogP contribution in [0.4, 0.5) is 11.4 Å². The van der Waals surface area contributed by atoms with Crippen molar-refractivity contribution in [2.45, 2.75) is 6.92 Å². The summed E-state index contributed by atoms with van der Waals surface area (Å²) in [6.45, 7) is 1.45. The maximum absolute atomic E-state index is 11.1. The molecule has 0 aliphatic carbocycles. The number of benzene rings is 2. The molecule has 0 spiro atoms. The SMILES string of the molecule is CC(=O)Nc1ccc(N/C=C(/C#N)c2nc(-c3ccc(Cl)cc3Cl)cs2)cc1. The van der Waals surface area contributed by atoms with Crippen molar-refractivity contribution in [1.82, 2.24) is 4.98 Å². The molecule has 2 N–H and O–H groups in total. The molecule has 0 aliphatic heterocycles. The van der Waals surface area contributed by atoms with E-state index in [1.54, 1.807) is 48.7 Å². The number of carbonyl (C=O) groups excluding carboxylic acids is 1. The van der Waals surface area contributed by atoms with Crippen molar-refractivity contribution in [2.75, 3.05) is 10.6 Å². The first kappa shape index (κ1) is 19.9. The van der Waals surface area contributed by atoms with Gasteiger partial charge in [-0.25, -0.2) is 4.98 Å². The van der Waals surface area contributed by atoms with Gasteiger partial charge in [0.25, 0.3) is 0 Å². The molecule has 0 aliphatic rings. The second-order valence-electron chi connectivity index (χ2n) is 5.73. The molecule has 0 radical (unpaired) electrons. The summed E-state index contributed by atoms with van der Waals surface area (Å²) in [6.07, 6.45) is 1.60. The van der Waals surface area contributed by atoms with E-state index in [0.29, 0.717) is 32.0 Å². The zero-order valence-electron chi connectivity index (χ0n) is 14.7. The van der Waals surface area contributed by atoms with E-state index in [2.05, 4.69) is 21.7 Å². The monoisotopic (exact) mass is 428 g/mol. The molecule has 0 unspecified atom stereocenters. The van der Waals surface area contributed by atoms with Gasteiger partial charge in [0.05, 0.1) is 10.7 Å². The van der Waals surface area contributed by atoms with Crippen LogP contribution in [0.1, 0.15) is 11.9 Å². The van der Waals surface area contributed by atoms with Gasteiger partial charge in [0.15, 0.2) is 0 Å². The molecule has 0 saturated heterocycles. The van der Waals surface area contributed by atoms with Gasteiger partial charge in [0, 0.05) is 40.5 Å². The minimum absolute atomic E-state index is 0.132. The fraction of sp³-hybridized carbons (Fsp3) is 0.0500. The van der Waals surface area contributed by atoms with Crippen LogP contribution in [0, 0.1) is 11.3 Å². The fourth-order valence-corrected chi connectivity index (χ4v) is 3.66. The Morgan fingerprint density at radius 2 is 1.89 bits per heavy atom. The standard InChI is InChI=1S/C20H14Cl2N4OS/c1-12(27)25-16-5-3-15(4-6-16)24-10-13(9-23)20-26-19(11-28-20)17-7-2-14(21)8-18(17)22/h2-8,10-11,24H,1H3,(H,25,27)/b13-10-. The zero-order valence-corrected chi connectivity index (χ0v) is 17.0. The average molecular weight is 429 g/mol. The van der Waals surface area contributed by atoms with E-state index in [0.717, 1.165) is 11.3 Å². The number of nitrogens with zero attached hydrogens (tertiary/aromatic N) is 2.